The number of nitrogens with one attached hydrogen (secondary N) is 1. The first kappa shape index (κ1) is 14.9. The van der Waals surface area contributed by atoms with Crippen molar-refractivity contribution >= 4 is 17.5 Å². The maximum absolute atomic E-state index is 13.8. The predicted molar refractivity (Wildman–Crippen MR) is 79.6 cm³/mol. The Morgan fingerprint density at radius 3 is 2.35 bits per heavy atom. The highest BCUT2D eigenvalue weighted by molar-refractivity contribution is 6.38. The molecule has 1 aromatic heterocycles. The smallest absolute Gasteiger partial charge is 0.328 e. The zero-order valence-electron chi connectivity index (χ0n) is 12.2. The van der Waals surface area contributed by atoms with Gasteiger partial charge in [-0.1, -0.05) is 12.1 Å². The van der Waals surface area contributed by atoms with Gasteiger partial charge >= 0.3 is 11.8 Å². The van der Waals surface area contributed by atoms with Crippen LogP contribution in [0.4, 0.5) is 10.1 Å². The van der Waals surface area contributed by atoms with Crippen LogP contribution in [0.2, 0.25) is 0 Å². The van der Waals surface area contributed by atoms with Gasteiger partial charge in [-0.15, -0.1) is 10.2 Å². The molecule has 1 aliphatic rings. The Balaban J connectivity index is 1.57. The molecule has 1 N–H and O–H groups in total. The number of hydrogen-bond donors (Lipinski definition) is 1. The number of amides is 2. The lowest BCUT2D eigenvalue weighted by atomic mass is 10.2. The number of hydrogen-bond acceptors (Lipinski definition) is 5. The lowest BCUT2D eigenvalue weighted by Crippen LogP contribution is -2.52. The van der Waals surface area contributed by atoms with Crippen molar-refractivity contribution in [2.24, 2.45) is 0 Å². The third-order valence-corrected chi connectivity index (χ3v) is 3.60. The van der Waals surface area contributed by atoms with E-state index in [2.05, 4.69) is 15.6 Å². The Labute approximate surface area is 131 Å². The summed E-state index contributed by atoms with van der Waals surface area (Å²) in [6.45, 7) is 1.63. The minimum Gasteiger partial charge on any atom is -0.366 e. The SMILES string of the molecule is O=C(Nn1cnnc1)C(=O)N1CCN(c2ccccc2F)CC1. The molecule has 1 aromatic carbocycles. The topological polar surface area (TPSA) is 83.4 Å². The minimum atomic E-state index is -0.760. The second kappa shape index (κ2) is 6.42. The van der Waals surface area contributed by atoms with Gasteiger partial charge in [-0.05, 0) is 12.1 Å². The molecule has 3 rings (SSSR count). The Morgan fingerprint density at radius 1 is 1.04 bits per heavy atom. The molecule has 0 spiro atoms. The highest BCUT2D eigenvalue weighted by atomic mass is 19.1. The Morgan fingerprint density at radius 2 is 1.70 bits per heavy atom. The van der Waals surface area contributed by atoms with E-state index in [-0.39, 0.29) is 5.82 Å². The molecule has 1 fully saturated rings. The lowest BCUT2D eigenvalue weighted by molar-refractivity contribution is -0.143. The fourth-order valence-electron chi connectivity index (χ4n) is 2.43. The van der Waals surface area contributed by atoms with Gasteiger partial charge in [-0.3, -0.25) is 15.0 Å². The molecule has 0 atom stereocenters. The number of halogens is 1. The van der Waals surface area contributed by atoms with Crippen LogP contribution in [0.25, 0.3) is 0 Å². The number of anilines is 1. The molecule has 0 aliphatic carbocycles. The summed E-state index contributed by atoms with van der Waals surface area (Å²) in [7, 11) is 0. The monoisotopic (exact) mass is 318 g/mol. The summed E-state index contributed by atoms with van der Waals surface area (Å²) >= 11 is 0. The number of aromatic nitrogens is 3. The summed E-state index contributed by atoms with van der Waals surface area (Å²) < 4.78 is 15.0. The van der Waals surface area contributed by atoms with Crippen LogP contribution >= 0.6 is 0 Å². The maximum Gasteiger partial charge on any atom is 0.328 e. The maximum atomic E-state index is 13.8. The Hall–Kier alpha value is -2.97. The zero-order chi connectivity index (χ0) is 16.2. The minimum absolute atomic E-state index is 0.294. The van der Waals surface area contributed by atoms with Gasteiger partial charge in [0.2, 0.25) is 0 Å². The summed E-state index contributed by atoms with van der Waals surface area (Å²) in [6.07, 6.45) is 2.56. The molecular formula is C14H15FN6O2. The van der Waals surface area contributed by atoms with Crippen molar-refractivity contribution in [2.75, 3.05) is 36.5 Å². The summed E-state index contributed by atoms with van der Waals surface area (Å²) in [5.74, 6) is -1.69. The number of rotatable bonds is 2. The van der Waals surface area contributed by atoms with Crippen LogP contribution in [-0.4, -0.2) is 57.8 Å². The molecular weight excluding hydrogens is 303 g/mol. The number of benzene rings is 1. The van der Waals surface area contributed by atoms with Crippen LogP contribution in [0.5, 0.6) is 0 Å². The van der Waals surface area contributed by atoms with Gasteiger partial charge in [0.15, 0.2) is 0 Å². The highest BCUT2D eigenvalue weighted by Gasteiger charge is 2.27. The molecule has 2 aromatic rings. The van der Waals surface area contributed by atoms with Gasteiger partial charge < -0.3 is 9.80 Å². The van der Waals surface area contributed by atoms with Gasteiger partial charge in [0.25, 0.3) is 0 Å². The standard InChI is InChI=1S/C14H15FN6O2/c15-11-3-1-2-4-12(11)19-5-7-20(8-6-19)14(23)13(22)18-21-9-16-17-10-21/h1-4,9-10H,5-8H2,(H,18,22). The lowest BCUT2D eigenvalue weighted by Gasteiger charge is -2.35. The molecule has 0 unspecified atom stereocenters. The predicted octanol–water partition coefficient (Wildman–Crippen LogP) is -0.164. The van der Waals surface area contributed by atoms with E-state index in [0.717, 1.165) is 0 Å². The zero-order valence-corrected chi connectivity index (χ0v) is 12.2. The van der Waals surface area contributed by atoms with Crippen molar-refractivity contribution in [3.63, 3.8) is 0 Å². The van der Waals surface area contributed by atoms with Crippen LogP contribution in [0, 0.1) is 5.82 Å². The first-order valence-electron chi connectivity index (χ1n) is 7.09. The van der Waals surface area contributed by atoms with E-state index in [4.69, 9.17) is 0 Å². The summed E-state index contributed by atoms with van der Waals surface area (Å²) in [4.78, 5) is 27.3. The van der Waals surface area contributed by atoms with Crippen LogP contribution in [0.15, 0.2) is 36.9 Å². The molecule has 0 radical (unpaired) electrons. The summed E-state index contributed by atoms with van der Waals surface area (Å²) in [5, 5.41) is 7.06. The van der Waals surface area contributed by atoms with E-state index in [1.807, 2.05) is 4.90 Å². The van der Waals surface area contributed by atoms with Crippen molar-refractivity contribution in [1.29, 1.82) is 0 Å². The van der Waals surface area contributed by atoms with Gasteiger partial charge in [0.1, 0.15) is 18.5 Å². The van der Waals surface area contributed by atoms with Gasteiger partial charge in [0.05, 0.1) is 5.69 Å². The summed E-state index contributed by atoms with van der Waals surface area (Å²) in [6, 6.07) is 6.50. The molecule has 0 bridgehead atoms. The largest absolute Gasteiger partial charge is 0.366 e. The van der Waals surface area contributed by atoms with Crippen LogP contribution in [0.3, 0.4) is 0 Å². The molecule has 9 heteroatoms. The van der Waals surface area contributed by atoms with E-state index >= 15 is 0 Å². The van der Waals surface area contributed by atoms with Crippen molar-refractivity contribution in [3.05, 3.63) is 42.7 Å². The van der Waals surface area contributed by atoms with Crippen molar-refractivity contribution in [1.82, 2.24) is 19.8 Å². The highest BCUT2D eigenvalue weighted by Crippen LogP contribution is 2.20. The molecule has 0 saturated carbocycles. The van der Waals surface area contributed by atoms with Crippen LogP contribution in [-0.2, 0) is 9.59 Å². The second-order valence-corrected chi connectivity index (χ2v) is 5.04. The molecule has 23 heavy (non-hydrogen) atoms. The van der Waals surface area contributed by atoms with Gasteiger partial charge in [-0.2, -0.15) is 0 Å². The fraction of sp³-hybridized carbons (Fsp3) is 0.286. The van der Waals surface area contributed by atoms with Crippen molar-refractivity contribution in [2.45, 2.75) is 0 Å². The van der Waals surface area contributed by atoms with E-state index in [0.29, 0.717) is 31.9 Å². The molecule has 1 saturated heterocycles. The second-order valence-electron chi connectivity index (χ2n) is 5.04. The van der Waals surface area contributed by atoms with E-state index < -0.39 is 11.8 Å². The van der Waals surface area contributed by atoms with Gasteiger partial charge in [-0.25, -0.2) is 9.07 Å². The van der Waals surface area contributed by atoms with Crippen LogP contribution < -0.4 is 10.3 Å². The fourth-order valence-corrected chi connectivity index (χ4v) is 2.43. The number of nitrogens with zero attached hydrogens (tertiary/aromatic N) is 5. The number of para-hydroxylation sites is 1. The van der Waals surface area contributed by atoms with E-state index in [9.17, 15) is 14.0 Å². The average molecular weight is 318 g/mol. The average Bonchev–Trinajstić information content (AvgIpc) is 3.08. The van der Waals surface area contributed by atoms with E-state index in [1.165, 1.54) is 28.3 Å². The third-order valence-electron chi connectivity index (χ3n) is 3.60. The first-order valence-corrected chi connectivity index (χ1v) is 7.09. The Bertz CT molecular complexity index is 697. The Kier molecular flexibility index (Phi) is 4.18. The molecule has 2 amide bonds. The normalized spacial score (nSPS) is 14.7. The first-order chi connectivity index (χ1) is 11.1. The quantitative estimate of drug-likeness (QED) is 0.778. The van der Waals surface area contributed by atoms with E-state index in [1.54, 1.807) is 18.2 Å². The molecule has 8 nitrogen and oxygen atoms in total. The third kappa shape index (κ3) is 3.28. The molecule has 120 valence electrons. The van der Waals surface area contributed by atoms with Gasteiger partial charge in [0, 0.05) is 26.2 Å². The molecule has 2 heterocycles. The number of piperazine rings is 1. The number of carbonyl (C=O) groups is 2. The van der Waals surface area contributed by atoms with Crippen LogP contribution in [0.1, 0.15) is 0 Å². The number of carbonyl (C=O) groups excluding carboxylic acids is 2. The molecule has 1 aliphatic heterocycles. The van der Waals surface area contributed by atoms with Crippen molar-refractivity contribution < 1.29 is 14.0 Å². The summed E-state index contributed by atoms with van der Waals surface area (Å²) in [5.41, 5.74) is 2.87. The van der Waals surface area contributed by atoms with Crippen molar-refractivity contribution in [3.8, 4) is 0 Å².